The van der Waals surface area contributed by atoms with Gasteiger partial charge in [0.25, 0.3) is 5.56 Å². The van der Waals surface area contributed by atoms with Crippen molar-refractivity contribution in [2.24, 2.45) is 14.1 Å². The van der Waals surface area contributed by atoms with Gasteiger partial charge in [0.1, 0.15) is 10.7 Å². The molecule has 2 heterocycles. The van der Waals surface area contributed by atoms with E-state index in [0.29, 0.717) is 16.4 Å². The fourth-order valence-corrected chi connectivity index (χ4v) is 2.69. The first-order valence-corrected chi connectivity index (χ1v) is 7.61. The smallest absolute Gasteiger partial charge is 0.332 e. The maximum absolute atomic E-state index is 12.2. The zero-order valence-electron chi connectivity index (χ0n) is 13.4. The molecule has 0 fully saturated rings. The molecule has 0 saturated carbocycles. The lowest BCUT2D eigenvalue weighted by molar-refractivity contribution is 0.703. The van der Waals surface area contributed by atoms with E-state index in [1.807, 2.05) is 30.3 Å². The van der Waals surface area contributed by atoms with Crippen LogP contribution in [0.15, 0.2) is 39.9 Å². The number of aryl methyl sites for hydroxylation is 2. The molecule has 1 aromatic carbocycles. The number of rotatable bonds is 2. The van der Waals surface area contributed by atoms with Gasteiger partial charge in [-0.2, -0.15) is 0 Å². The molecule has 0 atom stereocenters. The molecule has 8 heteroatoms. The third kappa shape index (κ3) is 2.61. The Hall–Kier alpha value is -2.87. The zero-order chi connectivity index (χ0) is 17.4. The van der Waals surface area contributed by atoms with Crippen molar-refractivity contribution in [3.8, 4) is 0 Å². The molecule has 2 aromatic heterocycles. The van der Waals surface area contributed by atoms with Gasteiger partial charge in [0.05, 0.1) is 5.69 Å². The van der Waals surface area contributed by atoms with Gasteiger partial charge in [0.15, 0.2) is 11.2 Å². The van der Waals surface area contributed by atoms with Crippen LogP contribution in [0.2, 0.25) is 0 Å². The summed E-state index contributed by atoms with van der Waals surface area (Å²) in [4.78, 5) is 33.4. The Kier molecular flexibility index (Phi) is 3.98. The van der Waals surface area contributed by atoms with Crippen molar-refractivity contribution in [2.45, 2.75) is 6.92 Å². The summed E-state index contributed by atoms with van der Waals surface area (Å²) in [6.45, 7) is 1.73. The molecule has 0 radical (unpaired) electrons. The first-order valence-electron chi connectivity index (χ1n) is 7.21. The molecule has 7 nitrogen and oxygen atoms in total. The Balaban J connectivity index is 2.16. The number of fused-ring (bicyclic) bond motifs is 1. The largest absolute Gasteiger partial charge is 0.345 e. The number of aromatic nitrogens is 4. The maximum Gasteiger partial charge on any atom is 0.332 e. The predicted molar refractivity (Wildman–Crippen MR) is 96.5 cm³/mol. The van der Waals surface area contributed by atoms with Crippen molar-refractivity contribution in [2.75, 3.05) is 5.32 Å². The summed E-state index contributed by atoms with van der Waals surface area (Å²) in [6.07, 6.45) is 0. The Morgan fingerprint density at radius 2 is 1.75 bits per heavy atom. The Morgan fingerprint density at radius 1 is 1.08 bits per heavy atom. The molecule has 0 aliphatic carbocycles. The van der Waals surface area contributed by atoms with E-state index in [1.54, 1.807) is 14.0 Å². The normalized spacial score (nSPS) is 10.8. The Bertz CT molecular complexity index is 1070. The van der Waals surface area contributed by atoms with Crippen molar-refractivity contribution in [3.05, 3.63) is 62.6 Å². The molecule has 0 unspecified atom stereocenters. The van der Waals surface area contributed by atoms with Crippen LogP contribution >= 0.6 is 12.2 Å². The average Bonchev–Trinajstić information content (AvgIpc) is 2.58. The van der Waals surface area contributed by atoms with Crippen LogP contribution in [0.1, 0.15) is 11.4 Å². The highest BCUT2D eigenvalue weighted by Crippen LogP contribution is 2.12. The number of hydrogen-bond acceptors (Lipinski definition) is 5. The van der Waals surface area contributed by atoms with Crippen LogP contribution in [0.3, 0.4) is 0 Å². The van der Waals surface area contributed by atoms with Gasteiger partial charge in [0.2, 0.25) is 0 Å². The minimum Gasteiger partial charge on any atom is -0.345 e. The fourth-order valence-electron chi connectivity index (χ4n) is 2.38. The number of para-hydroxylation sites is 1. The second-order valence-electron chi connectivity index (χ2n) is 5.36. The van der Waals surface area contributed by atoms with Crippen LogP contribution in [-0.2, 0) is 14.1 Å². The number of thiocarbonyl (C=S) groups is 1. The number of anilines is 1. The van der Waals surface area contributed by atoms with E-state index in [4.69, 9.17) is 12.2 Å². The molecule has 0 saturated heterocycles. The SMILES string of the molecule is Cc1nc2c(=O)n(C)c(=O)n(C)c2nc1C(=S)Nc1ccccc1. The monoisotopic (exact) mass is 341 g/mol. The van der Waals surface area contributed by atoms with Gasteiger partial charge in [-0.1, -0.05) is 30.4 Å². The standard InChI is InChI=1S/C16H15N5O2S/c1-9-11(14(24)18-10-7-5-4-6-8-10)19-13-12(17-9)15(22)21(3)16(23)20(13)2/h4-8H,1-3H3,(H,18,24). The number of nitrogens with one attached hydrogen (secondary N) is 1. The number of hydrogen-bond donors (Lipinski definition) is 1. The second-order valence-corrected chi connectivity index (χ2v) is 5.76. The van der Waals surface area contributed by atoms with Crippen molar-refractivity contribution >= 4 is 34.1 Å². The molecule has 3 aromatic rings. The Morgan fingerprint density at radius 3 is 2.42 bits per heavy atom. The van der Waals surface area contributed by atoms with Crippen molar-refractivity contribution in [1.29, 1.82) is 0 Å². The molecule has 24 heavy (non-hydrogen) atoms. The highest BCUT2D eigenvalue weighted by molar-refractivity contribution is 7.81. The molecule has 0 bridgehead atoms. The number of nitrogens with zero attached hydrogens (tertiary/aromatic N) is 4. The third-order valence-electron chi connectivity index (χ3n) is 3.70. The first kappa shape index (κ1) is 16.0. The average molecular weight is 341 g/mol. The number of benzene rings is 1. The van der Waals surface area contributed by atoms with Crippen LogP contribution in [0.25, 0.3) is 11.2 Å². The van der Waals surface area contributed by atoms with Crippen molar-refractivity contribution in [3.63, 3.8) is 0 Å². The summed E-state index contributed by atoms with van der Waals surface area (Å²) in [5.41, 5.74) is 1.19. The van der Waals surface area contributed by atoms with Crippen molar-refractivity contribution in [1.82, 2.24) is 19.1 Å². The predicted octanol–water partition coefficient (Wildman–Crippen LogP) is 1.12. The molecule has 3 rings (SSSR count). The molecule has 0 aliphatic rings. The van der Waals surface area contributed by atoms with Crippen LogP contribution in [-0.4, -0.2) is 24.1 Å². The fraction of sp³-hybridized carbons (Fsp3) is 0.188. The maximum atomic E-state index is 12.2. The van der Waals surface area contributed by atoms with Gasteiger partial charge >= 0.3 is 5.69 Å². The van der Waals surface area contributed by atoms with Crippen LogP contribution in [0, 0.1) is 6.92 Å². The Labute approximate surface area is 142 Å². The summed E-state index contributed by atoms with van der Waals surface area (Å²) in [6, 6.07) is 9.43. The molecule has 0 aliphatic heterocycles. The van der Waals surface area contributed by atoms with Gasteiger partial charge in [-0.3, -0.25) is 13.9 Å². The van der Waals surface area contributed by atoms with Gasteiger partial charge < -0.3 is 5.32 Å². The molecule has 0 spiro atoms. The van der Waals surface area contributed by atoms with E-state index in [-0.39, 0.29) is 11.2 Å². The lowest BCUT2D eigenvalue weighted by Crippen LogP contribution is -2.38. The van der Waals surface area contributed by atoms with E-state index < -0.39 is 11.2 Å². The van der Waals surface area contributed by atoms with Crippen LogP contribution in [0.5, 0.6) is 0 Å². The summed E-state index contributed by atoms with van der Waals surface area (Å²) < 4.78 is 2.30. The van der Waals surface area contributed by atoms with Crippen molar-refractivity contribution < 1.29 is 0 Å². The second kappa shape index (κ2) is 5.97. The van der Waals surface area contributed by atoms with Gasteiger partial charge in [-0.25, -0.2) is 14.8 Å². The minimum absolute atomic E-state index is 0.142. The topological polar surface area (TPSA) is 81.8 Å². The van der Waals surface area contributed by atoms with Gasteiger partial charge in [-0.15, -0.1) is 0 Å². The lowest BCUT2D eigenvalue weighted by Gasteiger charge is -2.12. The summed E-state index contributed by atoms with van der Waals surface area (Å²) in [5.74, 6) is 0. The molecule has 0 amide bonds. The van der Waals surface area contributed by atoms with Gasteiger partial charge in [-0.05, 0) is 19.1 Å². The van der Waals surface area contributed by atoms with E-state index in [9.17, 15) is 9.59 Å². The minimum atomic E-state index is -0.475. The van der Waals surface area contributed by atoms with Crippen LogP contribution in [0.4, 0.5) is 5.69 Å². The highest BCUT2D eigenvalue weighted by atomic mass is 32.1. The molecular formula is C16H15N5O2S. The molecular weight excluding hydrogens is 326 g/mol. The summed E-state index contributed by atoms with van der Waals surface area (Å²) >= 11 is 5.40. The van der Waals surface area contributed by atoms with E-state index in [2.05, 4.69) is 15.3 Å². The summed E-state index contributed by atoms with van der Waals surface area (Å²) in [5, 5.41) is 3.08. The molecule has 122 valence electrons. The highest BCUT2D eigenvalue weighted by Gasteiger charge is 2.16. The van der Waals surface area contributed by atoms with E-state index >= 15 is 0 Å². The van der Waals surface area contributed by atoms with E-state index in [1.165, 1.54) is 11.6 Å². The third-order valence-corrected chi connectivity index (χ3v) is 3.99. The first-order chi connectivity index (χ1) is 11.4. The van der Waals surface area contributed by atoms with Crippen LogP contribution < -0.4 is 16.6 Å². The zero-order valence-corrected chi connectivity index (χ0v) is 14.2. The quantitative estimate of drug-likeness (QED) is 0.704. The molecule has 1 N–H and O–H groups in total. The van der Waals surface area contributed by atoms with Gasteiger partial charge in [0, 0.05) is 19.8 Å². The summed E-state index contributed by atoms with van der Waals surface area (Å²) in [7, 11) is 2.96. The lowest BCUT2D eigenvalue weighted by atomic mass is 10.2. The van der Waals surface area contributed by atoms with E-state index in [0.717, 1.165) is 10.3 Å².